The number of benzene rings is 4. The van der Waals surface area contributed by atoms with E-state index in [9.17, 15) is 28.8 Å². The van der Waals surface area contributed by atoms with Gasteiger partial charge in [0.05, 0.1) is 38.1 Å². The quantitative estimate of drug-likeness (QED) is 0.0751. The van der Waals surface area contributed by atoms with Crippen LogP contribution in [0.2, 0.25) is 0 Å². The Hall–Kier alpha value is -6.70. The molecule has 0 radical (unpaired) electrons. The second-order valence-corrected chi connectivity index (χ2v) is 15.8. The van der Waals surface area contributed by atoms with Gasteiger partial charge in [-0.25, -0.2) is 0 Å². The van der Waals surface area contributed by atoms with E-state index in [0.29, 0.717) is 11.3 Å². The van der Waals surface area contributed by atoms with Gasteiger partial charge in [-0.05, 0) is 47.5 Å². The lowest BCUT2D eigenvalue weighted by Crippen LogP contribution is -2.70. The summed E-state index contributed by atoms with van der Waals surface area (Å²) < 4.78 is 67.6. The minimum atomic E-state index is -1.74. The van der Waals surface area contributed by atoms with Crippen LogP contribution < -0.4 is 9.47 Å². The molecule has 2 amide bonds. The summed E-state index contributed by atoms with van der Waals surface area (Å²) in [6.45, 7) is 3.70. The second kappa shape index (κ2) is 22.2. The lowest BCUT2D eigenvalue weighted by Gasteiger charge is -2.50. The van der Waals surface area contributed by atoms with Crippen molar-refractivity contribution in [2.45, 2.75) is 102 Å². The number of carbonyl (C=O) groups excluding carboxylic acids is 6. The van der Waals surface area contributed by atoms with Crippen molar-refractivity contribution in [2.75, 3.05) is 20.3 Å². The molecule has 0 N–H and O–H groups in total. The predicted octanol–water partition coefficient (Wildman–Crippen LogP) is 4.73. The highest BCUT2D eigenvalue weighted by Gasteiger charge is 2.59. The van der Waals surface area contributed by atoms with Crippen LogP contribution >= 0.6 is 0 Å². The smallest absolute Gasteiger partial charge is 0.303 e. The summed E-state index contributed by atoms with van der Waals surface area (Å²) in [5.41, 5.74) is 1.78. The van der Waals surface area contributed by atoms with E-state index in [2.05, 4.69) is 0 Å². The number of hydrogen-bond donors (Lipinski definition) is 0. The van der Waals surface area contributed by atoms with Crippen LogP contribution in [-0.2, 0) is 75.0 Å². The third-order valence-electron chi connectivity index (χ3n) is 11.0. The van der Waals surface area contributed by atoms with Gasteiger partial charge >= 0.3 is 23.9 Å². The van der Waals surface area contributed by atoms with E-state index >= 15 is 0 Å². The lowest BCUT2D eigenvalue weighted by molar-refractivity contribution is -0.351. The number of amides is 2. The monoisotopic (exact) mass is 925 g/mol. The molecule has 0 aromatic heterocycles. The zero-order valence-electron chi connectivity index (χ0n) is 37.4. The summed E-state index contributed by atoms with van der Waals surface area (Å²) >= 11 is 0. The number of nitrogens with zero attached hydrogens (tertiary/aromatic N) is 1. The summed E-state index contributed by atoms with van der Waals surface area (Å²) in [6, 6.07) is 29.9. The molecule has 4 aromatic rings. The van der Waals surface area contributed by atoms with Gasteiger partial charge in [0.2, 0.25) is 6.29 Å². The van der Waals surface area contributed by atoms with Crippen LogP contribution in [0.15, 0.2) is 109 Å². The fourth-order valence-electron chi connectivity index (χ4n) is 8.10. The van der Waals surface area contributed by atoms with E-state index in [1.54, 1.807) is 36.4 Å². The van der Waals surface area contributed by atoms with Gasteiger partial charge in [-0.1, -0.05) is 72.8 Å². The Morgan fingerprint density at radius 3 is 1.61 bits per heavy atom. The number of fused-ring (bicyclic) bond motifs is 1. The van der Waals surface area contributed by atoms with E-state index in [4.69, 9.17) is 52.1 Å². The third kappa shape index (κ3) is 11.8. The number of methoxy groups -OCH3 is 1. The third-order valence-corrected chi connectivity index (χ3v) is 11.0. The number of imide groups is 1. The molecule has 2 fully saturated rings. The van der Waals surface area contributed by atoms with Crippen LogP contribution in [0.4, 0.5) is 0 Å². The highest BCUT2D eigenvalue weighted by Crippen LogP contribution is 2.39. The highest BCUT2D eigenvalue weighted by atomic mass is 16.8. The summed E-state index contributed by atoms with van der Waals surface area (Å²) in [6.07, 6.45) is -13.3. The number of carbonyl (C=O) groups is 6. The van der Waals surface area contributed by atoms with Crippen molar-refractivity contribution in [3.8, 4) is 11.5 Å². The van der Waals surface area contributed by atoms with E-state index in [1.807, 2.05) is 60.7 Å². The summed E-state index contributed by atoms with van der Waals surface area (Å²) in [5, 5.41) is 0. The first kappa shape index (κ1) is 48.2. The van der Waals surface area contributed by atoms with Crippen LogP contribution in [0.25, 0.3) is 0 Å². The van der Waals surface area contributed by atoms with Crippen molar-refractivity contribution < 1.29 is 80.9 Å². The maximum absolute atomic E-state index is 14.6. The Balaban J connectivity index is 1.37. The van der Waals surface area contributed by atoms with Crippen molar-refractivity contribution in [3.05, 3.63) is 131 Å². The van der Waals surface area contributed by atoms with Gasteiger partial charge < -0.3 is 52.1 Å². The first-order chi connectivity index (χ1) is 32.3. The average Bonchev–Trinajstić information content (AvgIpc) is 3.56. The van der Waals surface area contributed by atoms with Crippen LogP contribution in [0.3, 0.4) is 0 Å². The molecule has 10 atom stereocenters. The van der Waals surface area contributed by atoms with Gasteiger partial charge in [-0.2, -0.15) is 0 Å². The fourth-order valence-corrected chi connectivity index (χ4v) is 8.10. The van der Waals surface area contributed by atoms with Crippen LogP contribution in [0.5, 0.6) is 11.5 Å². The molecule has 3 aliphatic heterocycles. The molecule has 0 saturated carbocycles. The first-order valence-electron chi connectivity index (χ1n) is 21.5. The second-order valence-electron chi connectivity index (χ2n) is 15.8. The molecule has 3 aliphatic rings. The Bertz CT molecular complexity index is 2330. The molecule has 67 heavy (non-hydrogen) atoms. The number of ether oxygens (including phenoxy) is 11. The SMILES string of the molecule is COc1ccc(O[C@@H]2O[C@H](COCc3ccccc3)[C@@H](O[C@@H]3O[C@H](COC(C)=O)[C@H](OC(C)=O)[C@H](OC(C)=O)[C@H]3OC(C)=O)[C@H](OCc3ccccc3)[C@H]2N2C(=O)c3ccccc3C2=O)cc1. The van der Waals surface area contributed by atoms with Gasteiger partial charge in [-0.3, -0.25) is 33.7 Å². The molecule has 0 bridgehead atoms. The minimum absolute atomic E-state index is 0.101. The summed E-state index contributed by atoms with van der Waals surface area (Å²) in [5.74, 6) is -3.79. The molecular formula is C49H51NO17. The molecule has 2 saturated heterocycles. The summed E-state index contributed by atoms with van der Waals surface area (Å²) in [7, 11) is 1.51. The largest absolute Gasteiger partial charge is 0.497 e. The average molecular weight is 926 g/mol. The van der Waals surface area contributed by atoms with E-state index in [1.165, 1.54) is 19.2 Å². The van der Waals surface area contributed by atoms with Crippen molar-refractivity contribution in [1.82, 2.24) is 4.90 Å². The molecule has 18 nitrogen and oxygen atoms in total. The van der Waals surface area contributed by atoms with Gasteiger partial charge in [0.25, 0.3) is 11.8 Å². The lowest BCUT2D eigenvalue weighted by atomic mass is 9.93. The first-order valence-corrected chi connectivity index (χ1v) is 21.5. The molecule has 0 spiro atoms. The van der Waals surface area contributed by atoms with Gasteiger partial charge in [0.15, 0.2) is 24.6 Å². The van der Waals surface area contributed by atoms with Crippen molar-refractivity contribution in [1.29, 1.82) is 0 Å². The van der Waals surface area contributed by atoms with Crippen LogP contribution in [0, 0.1) is 0 Å². The van der Waals surface area contributed by atoms with Gasteiger partial charge in [0, 0.05) is 27.7 Å². The molecule has 0 aliphatic carbocycles. The molecule has 3 heterocycles. The maximum Gasteiger partial charge on any atom is 0.303 e. The molecular weight excluding hydrogens is 875 g/mol. The molecule has 4 aromatic carbocycles. The number of hydrogen-bond acceptors (Lipinski definition) is 17. The van der Waals surface area contributed by atoms with E-state index < -0.39 is 104 Å². The fraction of sp³-hybridized carbons (Fsp3) is 0.388. The highest BCUT2D eigenvalue weighted by molar-refractivity contribution is 6.21. The molecule has 0 unspecified atom stereocenters. The van der Waals surface area contributed by atoms with Gasteiger partial charge in [0.1, 0.15) is 48.6 Å². The topological polar surface area (TPSA) is 207 Å². The molecule has 18 heteroatoms. The maximum atomic E-state index is 14.6. The van der Waals surface area contributed by atoms with Crippen LogP contribution in [0.1, 0.15) is 59.5 Å². The van der Waals surface area contributed by atoms with Crippen molar-refractivity contribution in [3.63, 3.8) is 0 Å². The Morgan fingerprint density at radius 2 is 1.04 bits per heavy atom. The predicted molar refractivity (Wildman–Crippen MR) is 231 cm³/mol. The Morgan fingerprint density at radius 1 is 0.537 bits per heavy atom. The molecule has 354 valence electrons. The normalized spacial score (nSPS) is 25.7. The summed E-state index contributed by atoms with van der Waals surface area (Å²) in [4.78, 5) is 80.5. The number of esters is 4. The van der Waals surface area contributed by atoms with Gasteiger partial charge in [-0.15, -0.1) is 0 Å². The standard InChI is InChI=1S/C49H51NO17/c1-28(51)59-27-39-42(61-29(2)52)44(62-30(3)53)45(63-31(4)54)49(66-39)67-41-38(26-58-24-32-14-8-6-9-15-32)65-48(64-35-22-20-34(57-5)21-23-35)40(43(41)60-25-33-16-10-7-11-17-33)50-46(55)36-18-12-13-19-37(36)47(50)56/h6-23,38-45,48-49H,24-27H2,1-5H3/t38-,39-,40-,41-,42+,43-,44+,45-,48-,49+/m1/s1. The van der Waals surface area contributed by atoms with Crippen molar-refractivity contribution in [2.24, 2.45) is 0 Å². The van der Waals surface area contributed by atoms with E-state index in [0.717, 1.165) is 38.2 Å². The van der Waals surface area contributed by atoms with Crippen molar-refractivity contribution >= 4 is 35.7 Å². The van der Waals surface area contributed by atoms with E-state index in [-0.39, 0.29) is 36.7 Å². The number of rotatable bonds is 18. The zero-order chi connectivity index (χ0) is 47.6. The Kier molecular flexibility index (Phi) is 16.0. The zero-order valence-corrected chi connectivity index (χ0v) is 37.4. The minimum Gasteiger partial charge on any atom is -0.497 e. The Labute approximate surface area is 386 Å². The molecule has 7 rings (SSSR count). The van der Waals surface area contributed by atoms with Crippen LogP contribution in [-0.4, -0.2) is 122 Å².